The number of hydrogen-bond donors (Lipinski definition) is 1. The van der Waals surface area contributed by atoms with Crippen LogP contribution in [-0.2, 0) is 6.54 Å². The lowest BCUT2D eigenvalue weighted by Crippen LogP contribution is -2.13. The third-order valence-corrected chi connectivity index (χ3v) is 2.86. The molecule has 0 aromatic carbocycles. The minimum atomic E-state index is 0.965. The van der Waals surface area contributed by atoms with Crippen LogP contribution in [-0.4, -0.2) is 16.9 Å². The lowest BCUT2D eigenvalue weighted by molar-refractivity contribution is 0.649. The van der Waals surface area contributed by atoms with Crippen molar-refractivity contribution in [3.05, 3.63) is 16.6 Å². The monoisotopic (exact) mass is 248 g/mol. The van der Waals surface area contributed by atoms with E-state index in [2.05, 4.69) is 26.2 Å². The molecule has 68 valence electrons. The molecule has 12 heavy (non-hydrogen) atoms. The summed E-state index contributed by atoms with van der Waals surface area (Å²) in [5.74, 6) is 0. The molecule has 2 nitrogen and oxygen atoms in total. The van der Waals surface area contributed by atoms with Crippen LogP contribution in [0.15, 0.2) is 11.7 Å². The Labute approximate surface area is 85.5 Å². The Morgan fingerprint density at radius 1 is 1.50 bits per heavy atom. The molecule has 0 spiro atoms. The van der Waals surface area contributed by atoms with Gasteiger partial charge in [-0.05, 0) is 19.4 Å². The first-order valence-electron chi connectivity index (χ1n) is 4.07. The van der Waals surface area contributed by atoms with Crippen molar-refractivity contribution in [3.63, 3.8) is 0 Å². The minimum absolute atomic E-state index is 0.965. The normalized spacial score (nSPS) is 10.4. The fourth-order valence-corrected chi connectivity index (χ4v) is 1.85. The quantitative estimate of drug-likeness (QED) is 0.618. The maximum atomic E-state index is 4.01. The first kappa shape index (κ1) is 10.2. The zero-order valence-electron chi connectivity index (χ0n) is 6.92. The van der Waals surface area contributed by atoms with Gasteiger partial charge in [-0.2, -0.15) is 0 Å². The number of aromatic nitrogens is 1. The average Bonchev–Trinajstić information content (AvgIpc) is 2.57. The van der Waals surface area contributed by atoms with E-state index in [1.54, 1.807) is 11.3 Å². The second kappa shape index (κ2) is 6.57. The Morgan fingerprint density at radius 2 is 2.42 bits per heavy atom. The molecule has 0 bridgehead atoms. The molecule has 1 rings (SSSR count). The molecular weight excluding hydrogens is 236 g/mol. The van der Waals surface area contributed by atoms with Gasteiger partial charge in [0, 0.05) is 22.9 Å². The highest BCUT2D eigenvalue weighted by molar-refractivity contribution is 9.09. The highest BCUT2D eigenvalue weighted by Crippen LogP contribution is 2.04. The van der Waals surface area contributed by atoms with E-state index in [-0.39, 0.29) is 0 Å². The number of nitrogens with one attached hydrogen (secondary N) is 1. The molecule has 4 heteroatoms. The van der Waals surface area contributed by atoms with Crippen molar-refractivity contribution >= 4 is 27.3 Å². The largest absolute Gasteiger partial charge is 0.312 e. The van der Waals surface area contributed by atoms with Gasteiger partial charge in [-0.25, -0.2) is 0 Å². The number of thiazole rings is 1. The van der Waals surface area contributed by atoms with Crippen molar-refractivity contribution in [2.24, 2.45) is 0 Å². The van der Waals surface area contributed by atoms with Crippen molar-refractivity contribution in [1.29, 1.82) is 0 Å². The molecule has 1 aromatic rings. The molecule has 0 aliphatic rings. The van der Waals surface area contributed by atoms with E-state index in [0.717, 1.165) is 18.4 Å². The maximum absolute atomic E-state index is 4.01. The summed E-state index contributed by atoms with van der Waals surface area (Å²) in [7, 11) is 0. The van der Waals surface area contributed by atoms with Crippen LogP contribution in [0.1, 0.15) is 17.7 Å². The zero-order valence-corrected chi connectivity index (χ0v) is 9.33. The number of alkyl halides is 1. The molecule has 0 atom stereocenters. The Kier molecular flexibility index (Phi) is 5.56. The number of hydrogen-bond acceptors (Lipinski definition) is 3. The van der Waals surface area contributed by atoms with E-state index < -0.39 is 0 Å². The Hall–Kier alpha value is 0.0700. The smallest absolute Gasteiger partial charge is 0.0794 e. The van der Waals surface area contributed by atoms with Gasteiger partial charge in [0.25, 0.3) is 0 Å². The first-order chi connectivity index (χ1) is 5.93. The molecule has 0 radical (unpaired) electrons. The van der Waals surface area contributed by atoms with Gasteiger partial charge in [-0.1, -0.05) is 15.9 Å². The highest BCUT2D eigenvalue weighted by Gasteiger charge is 1.92. The van der Waals surface area contributed by atoms with Crippen LogP contribution in [0.2, 0.25) is 0 Å². The van der Waals surface area contributed by atoms with Crippen molar-refractivity contribution in [1.82, 2.24) is 10.3 Å². The summed E-state index contributed by atoms with van der Waals surface area (Å²) in [4.78, 5) is 5.32. The standard InChI is InChI=1S/C8H13BrN2S/c9-3-1-2-4-10-5-8-6-11-7-12-8/h6-7,10H,1-5H2. The summed E-state index contributed by atoms with van der Waals surface area (Å²) in [5, 5.41) is 4.48. The third kappa shape index (κ3) is 4.18. The van der Waals surface area contributed by atoms with Crippen LogP contribution in [0.4, 0.5) is 0 Å². The molecule has 1 heterocycles. The van der Waals surface area contributed by atoms with Crippen LogP contribution in [0.5, 0.6) is 0 Å². The highest BCUT2D eigenvalue weighted by atomic mass is 79.9. The summed E-state index contributed by atoms with van der Waals surface area (Å²) in [6, 6.07) is 0. The summed E-state index contributed by atoms with van der Waals surface area (Å²) in [6.45, 7) is 2.07. The molecule has 0 unspecified atom stereocenters. The van der Waals surface area contributed by atoms with Gasteiger partial charge < -0.3 is 5.32 Å². The molecule has 0 fully saturated rings. The minimum Gasteiger partial charge on any atom is -0.312 e. The molecule has 0 amide bonds. The molecule has 0 aliphatic heterocycles. The number of unbranched alkanes of at least 4 members (excludes halogenated alkanes) is 1. The second-order valence-corrected chi connectivity index (χ2v) is 4.30. The predicted octanol–water partition coefficient (Wildman–Crippen LogP) is 2.41. The van der Waals surface area contributed by atoms with Gasteiger partial charge in [0.15, 0.2) is 0 Å². The number of halogens is 1. The lowest BCUT2D eigenvalue weighted by Gasteiger charge is -2.00. The summed E-state index contributed by atoms with van der Waals surface area (Å²) >= 11 is 5.11. The Bertz CT molecular complexity index is 189. The lowest BCUT2D eigenvalue weighted by atomic mass is 10.3. The van der Waals surface area contributed by atoms with Crippen molar-refractivity contribution in [2.45, 2.75) is 19.4 Å². The maximum Gasteiger partial charge on any atom is 0.0794 e. The third-order valence-electron chi connectivity index (χ3n) is 1.52. The Morgan fingerprint density at radius 3 is 3.08 bits per heavy atom. The van der Waals surface area contributed by atoms with E-state index in [1.807, 2.05) is 11.7 Å². The van der Waals surface area contributed by atoms with Gasteiger partial charge in [0.1, 0.15) is 0 Å². The molecule has 1 N–H and O–H groups in total. The number of rotatable bonds is 6. The van der Waals surface area contributed by atoms with E-state index in [0.29, 0.717) is 0 Å². The number of nitrogens with zero attached hydrogens (tertiary/aromatic N) is 1. The SMILES string of the molecule is BrCCCCNCc1cncs1. The van der Waals surface area contributed by atoms with Crippen LogP contribution < -0.4 is 5.32 Å². The fraction of sp³-hybridized carbons (Fsp3) is 0.625. The van der Waals surface area contributed by atoms with Gasteiger partial charge in [0.2, 0.25) is 0 Å². The van der Waals surface area contributed by atoms with Crippen molar-refractivity contribution in [3.8, 4) is 0 Å². The molecule has 1 aromatic heterocycles. The first-order valence-corrected chi connectivity index (χ1v) is 6.07. The Balaban J connectivity index is 1.96. The summed E-state index contributed by atoms with van der Waals surface area (Å²) in [5.41, 5.74) is 1.87. The summed E-state index contributed by atoms with van der Waals surface area (Å²) < 4.78 is 0. The zero-order chi connectivity index (χ0) is 8.65. The van der Waals surface area contributed by atoms with Gasteiger partial charge >= 0.3 is 0 Å². The van der Waals surface area contributed by atoms with E-state index >= 15 is 0 Å². The van der Waals surface area contributed by atoms with Gasteiger partial charge in [0.05, 0.1) is 5.51 Å². The average molecular weight is 249 g/mol. The topological polar surface area (TPSA) is 24.9 Å². The van der Waals surface area contributed by atoms with E-state index in [9.17, 15) is 0 Å². The second-order valence-electron chi connectivity index (χ2n) is 2.54. The van der Waals surface area contributed by atoms with Crippen molar-refractivity contribution < 1.29 is 0 Å². The van der Waals surface area contributed by atoms with Gasteiger partial charge in [-0.15, -0.1) is 11.3 Å². The van der Waals surface area contributed by atoms with E-state index in [4.69, 9.17) is 0 Å². The molecule has 0 saturated carbocycles. The molecule has 0 saturated heterocycles. The van der Waals surface area contributed by atoms with Gasteiger partial charge in [-0.3, -0.25) is 4.98 Å². The van der Waals surface area contributed by atoms with Crippen LogP contribution >= 0.6 is 27.3 Å². The molecular formula is C8H13BrN2S. The molecule has 0 aliphatic carbocycles. The fourth-order valence-electron chi connectivity index (χ4n) is 0.886. The van der Waals surface area contributed by atoms with Crippen LogP contribution in [0.3, 0.4) is 0 Å². The van der Waals surface area contributed by atoms with Crippen LogP contribution in [0.25, 0.3) is 0 Å². The predicted molar refractivity (Wildman–Crippen MR) is 56.8 cm³/mol. The van der Waals surface area contributed by atoms with Crippen LogP contribution in [0, 0.1) is 0 Å². The van der Waals surface area contributed by atoms with E-state index in [1.165, 1.54) is 17.7 Å². The van der Waals surface area contributed by atoms with Crippen molar-refractivity contribution in [2.75, 3.05) is 11.9 Å². The summed E-state index contributed by atoms with van der Waals surface area (Å²) in [6.07, 6.45) is 4.40.